The average molecular weight is 297 g/mol. The van der Waals surface area contributed by atoms with Gasteiger partial charge in [-0.1, -0.05) is 11.6 Å². The molecule has 1 aromatic heterocycles. The standard InChI is InChI=1S/C10H5ClF4N2S/c11-5-1-2-7-6(3-5)8(17-18-15)4-9(16-7)10(12,13)14/h1-4H,(H,16,17). The van der Waals surface area contributed by atoms with Crippen molar-refractivity contribution in [1.82, 2.24) is 4.98 Å². The minimum absolute atomic E-state index is 0.0256. The summed E-state index contributed by atoms with van der Waals surface area (Å²) in [7, 11) is 0. The average Bonchev–Trinajstić information content (AvgIpc) is 2.28. The van der Waals surface area contributed by atoms with Gasteiger partial charge in [0.05, 0.1) is 11.2 Å². The zero-order valence-electron chi connectivity index (χ0n) is 8.55. The molecule has 0 aliphatic carbocycles. The van der Waals surface area contributed by atoms with Gasteiger partial charge in [0.25, 0.3) is 0 Å². The Morgan fingerprint density at radius 2 is 1.94 bits per heavy atom. The Morgan fingerprint density at radius 3 is 2.56 bits per heavy atom. The van der Waals surface area contributed by atoms with Gasteiger partial charge in [0, 0.05) is 10.4 Å². The van der Waals surface area contributed by atoms with Gasteiger partial charge in [-0.05, 0) is 24.3 Å². The number of halogens is 5. The number of hydrogen-bond donors (Lipinski definition) is 1. The summed E-state index contributed by atoms with van der Waals surface area (Å²) in [6.45, 7) is 0. The fourth-order valence-electron chi connectivity index (χ4n) is 1.47. The molecule has 1 N–H and O–H groups in total. The molecule has 2 aromatic rings. The predicted octanol–water partition coefficient (Wildman–Crippen LogP) is 4.85. The number of anilines is 1. The first kappa shape index (κ1) is 13.2. The molecule has 96 valence electrons. The molecular formula is C10H5ClF4N2S. The van der Waals surface area contributed by atoms with Gasteiger partial charge in [-0.2, -0.15) is 13.2 Å². The van der Waals surface area contributed by atoms with E-state index in [1.165, 1.54) is 18.2 Å². The lowest BCUT2D eigenvalue weighted by atomic mass is 10.1. The number of alkyl halides is 3. The van der Waals surface area contributed by atoms with E-state index in [1.54, 1.807) is 0 Å². The van der Waals surface area contributed by atoms with Gasteiger partial charge < -0.3 is 4.72 Å². The third-order valence-corrected chi connectivity index (χ3v) is 2.74. The van der Waals surface area contributed by atoms with Crippen molar-refractivity contribution in [2.75, 3.05) is 4.72 Å². The molecular weight excluding hydrogens is 292 g/mol. The molecule has 1 aromatic carbocycles. The van der Waals surface area contributed by atoms with Crippen molar-refractivity contribution in [2.45, 2.75) is 6.18 Å². The molecule has 2 nitrogen and oxygen atoms in total. The lowest BCUT2D eigenvalue weighted by Crippen LogP contribution is -2.08. The molecule has 0 radical (unpaired) electrons. The first-order valence-corrected chi connectivity index (χ1v) is 5.72. The van der Waals surface area contributed by atoms with Crippen molar-refractivity contribution in [3.63, 3.8) is 0 Å². The van der Waals surface area contributed by atoms with Crippen LogP contribution in [0.15, 0.2) is 24.3 Å². The maximum atomic E-state index is 12.6. The molecule has 0 saturated carbocycles. The third-order valence-electron chi connectivity index (χ3n) is 2.21. The van der Waals surface area contributed by atoms with Gasteiger partial charge in [-0.25, -0.2) is 4.98 Å². The minimum atomic E-state index is -4.59. The van der Waals surface area contributed by atoms with E-state index < -0.39 is 11.9 Å². The Kier molecular flexibility index (Phi) is 3.54. The number of nitrogens with zero attached hydrogens (tertiary/aromatic N) is 1. The quantitative estimate of drug-likeness (QED) is 0.633. The molecule has 0 unspecified atom stereocenters. The van der Waals surface area contributed by atoms with Gasteiger partial charge in [0.15, 0.2) is 12.3 Å². The van der Waals surface area contributed by atoms with Crippen molar-refractivity contribution in [3.05, 3.63) is 35.0 Å². The Balaban J connectivity index is 2.70. The molecule has 0 aliphatic rings. The van der Waals surface area contributed by atoms with Gasteiger partial charge >= 0.3 is 6.18 Å². The highest BCUT2D eigenvalue weighted by molar-refractivity contribution is 7.95. The van der Waals surface area contributed by atoms with E-state index in [9.17, 15) is 17.1 Å². The van der Waals surface area contributed by atoms with Crippen LogP contribution in [-0.2, 0) is 6.18 Å². The molecule has 18 heavy (non-hydrogen) atoms. The summed E-state index contributed by atoms with van der Waals surface area (Å²) < 4.78 is 52.1. The summed E-state index contributed by atoms with van der Waals surface area (Å²) >= 11 is 5.45. The highest BCUT2D eigenvalue weighted by atomic mass is 35.5. The lowest BCUT2D eigenvalue weighted by molar-refractivity contribution is -0.140. The van der Waals surface area contributed by atoms with Crippen molar-refractivity contribution in [2.24, 2.45) is 0 Å². The van der Waals surface area contributed by atoms with Crippen LogP contribution in [0.5, 0.6) is 0 Å². The molecule has 0 amide bonds. The third kappa shape index (κ3) is 2.62. The molecule has 0 aliphatic heterocycles. The van der Waals surface area contributed by atoms with Crippen LogP contribution in [0.2, 0.25) is 5.02 Å². The van der Waals surface area contributed by atoms with Crippen molar-refractivity contribution >= 4 is 40.5 Å². The molecule has 0 atom stereocenters. The largest absolute Gasteiger partial charge is 0.433 e. The second-order valence-corrected chi connectivity index (χ2v) is 4.19. The highest BCUT2D eigenvalue weighted by Crippen LogP contribution is 2.34. The van der Waals surface area contributed by atoms with E-state index in [0.29, 0.717) is 10.4 Å². The van der Waals surface area contributed by atoms with Crippen LogP contribution < -0.4 is 4.72 Å². The fourth-order valence-corrected chi connectivity index (χ4v) is 1.89. The summed E-state index contributed by atoms with van der Waals surface area (Å²) in [5.74, 6) is 0. The van der Waals surface area contributed by atoms with E-state index in [0.717, 1.165) is 6.07 Å². The second kappa shape index (κ2) is 4.81. The first-order valence-electron chi connectivity index (χ1n) is 4.63. The molecule has 0 spiro atoms. The van der Waals surface area contributed by atoms with Gasteiger partial charge in [-0.3, -0.25) is 0 Å². The van der Waals surface area contributed by atoms with Gasteiger partial charge in [-0.15, -0.1) is 3.89 Å². The Labute approximate surface area is 109 Å². The van der Waals surface area contributed by atoms with Crippen LogP contribution in [0.3, 0.4) is 0 Å². The number of hydrogen-bond acceptors (Lipinski definition) is 3. The summed E-state index contributed by atoms with van der Waals surface area (Å²) in [5, 5.41) is 0.650. The van der Waals surface area contributed by atoms with Crippen LogP contribution in [0.1, 0.15) is 5.69 Å². The summed E-state index contributed by atoms with van der Waals surface area (Å²) in [6, 6.07) is 4.93. The zero-order valence-corrected chi connectivity index (χ0v) is 10.1. The van der Waals surface area contributed by atoms with Crippen LogP contribution in [0.25, 0.3) is 10.9 Å². The number of nitrogens with one attached hydrogen (secondary N) is 1. The number of pyridine rings is 1. The number of aromatic nitrogens is 1. The monoisotopic (exact) mass is 296 g/mol. The Hall–Kier alpha value is -1.21. The van der Waals surface area contributed by atoms with E-state index >= 15 is 0 Å². The summed E-state index contributed by atoms with van der Waals surface area (Å²) in [6.07, 6.45) is -4.59. The smallest absolute Gasteiger partial charge is 0.302 e. The lowest BCUT2D eigenvalue weighted by Gasteiger charge is -2.11. The van der Waals surface area contributed by atoms with E-state index in [-0.39, 0.29) is 23.5 Å². The molecule has 0 bridgehead atoms. The van der Waals surface area contributed by atoms with Gasteiger partial charge in [0.1, 0.15) is 5.69 Å². The fraction of sp³-hybridized carbons (Fsp3) is 0.100. The molecule has 2 rings (SSSR count). The van der Waals surface area contributed by atoms with Crippen molar-refractivity contribution < 1.29 is 17.1 Å². The van der Waals surface area contributed by atoms with Crippen LogP contribution >= 0.6 is 23.9 Å². The number of fused-ring (bicyclic) bond motifs is 1. The maximum Gasteiger partial charge on any atom is 0.433 e. The van der Waals surface area contributed by atoms with Gasteiger partial charge in [0.2, 0.25) is 0 Å². The summed E-state index contributed by atoms with van der Waals surface area (Å²) in [4.78, 5) is 3.48. The normalized spacial score (nSPS) is 11.8. The Bertz CT molecular complexity index is 588. The second-order valence-electron chi connectivity index (χ2n) is 3.39. The van der Waals surface area contributed by atoms with E-state index in [1.807, 2.05) is 0 Å². The first-order chi connectivity index (χ1) is 8.41. The van der Waals surface area contributed by atoms with E-state index in [2.05, 4.69) is 9.71 Å². The topological polar surface area (TPSA) is 24.9 Å². The molecule has 0 saturated heterocycles. The van der Waals surface area contributed by atoms with E-state index in [4.69, 9.17) is 11.6 Å². The number of rotatable bonds is 2. The van der Waals surface area contributed by atoms with Crippen LogP contribution in [0.4, 0.5) is 22.7 Å². The maximum absolute atomic E-state index is 12.6. The Morgan fingerprint density at radius 1 is 1.22 bits per heavy atom. The summed E-state index contributed by atoms with van der Waals surface area (Å²) in [5.41, 5.74) is -1.03. The predicted molar refractivity (Wildman–Crippen MR) is 64.1 cm³/mol. The van der Waals surface area contributed by atoms with Crippen molar-refractivity contribution in [1.29, 1.82) is 0 Å². The molecule has 8 heteroatoms. The SMILES string of the molecule is FSNc1cc(C(F)(F)F)nc2ccc(Cl)cc12. The molecule has 1 heterocycles. The number of benzene rings is 1. The molecule has 0 fully saturated rings. The minimum Gasteiger partial charge on any atom is -0.302 e. The zero-order chi connectivity index (χ0) is 13.3. The highest BCUT2D eigenvalue weighted by Gasteiger charge is 2.33. The van der Waals surface area contributed by atoms with Crippen LogP contribution in [0, 0.1) is 0 Å². The van der Waals surface area contributed by atoms with Crippen molar-refractivity contribution in [3.8, 4) is 0 Å². The van der Waals surface area contributed by atoms with Crippen LogP contribution in [-0.4, -0.2) is 4.98 Å².